The number of carbonyl (C=O) groups is 3. The lowest BCUT2D eigenvalue weighted by atomic mass is 9.66. The molecule has 3 amide bonds. The van der Waals surface area contributed by atoms with E-state index in [9.17, 15) is 14.4 Å². The van der Waals surface area contributed by atoms with Gasteiger partial charge in [-0.05, 0) is 76.8 Å². The Kier molecular flexibility index (Phi) is 11.3. The maximum atomic E-state index is 14.0. The van der Waals surface area contributed by atoms with Gasteiger partial charge in [0.1, 0.15) is 17.5 Å². The van der Waals surface area contributed by atoms with Crippen molar-refractivity contribution in [2.45, 2.75) is 136 Å². The average molecular weight is 653 g/mol. The normalized spacial score (nSPS) is 26.5. The third-order valence-corrected chi connectivity index (χ3v) is 11.4. The average Bonchev–Trinajstić information content (AvgIpc) is 3.56. The SMILES string of the molecule is Cc1c(C(=O)NCC2C(=O)NC(C)C(C3CCCCC3)C2C)cc(OC2CCN(C(=O)OC(C)(C)C)CC2)cc1N(C)C1CCCC1. The molecular weight excluding hydrogens is 592 g/mol. The van der Waals surface area contributed by atoms with Gasteiger partial charge in [0.25, 0.3) is 5.91 Å². The van der Waals surface area contributed by atoms with Gasteiger partial charge in [-0.15, -0.1) is 0 Å². The first kappa shape index (κ1) is 35.3. The van der Waals surface area contributed by atoms with E-state index >= 15 is 0 Å². The fraction of sp³-hybridized carbons (Fsp3) is 0.763. The number of piperidine rings is 2. The third kappa shape index (κ3) is 8.55. The zero-order valence-corrected chi connectivity index (χ0v) is 30.0. The van der Waals surface area contributed by atoms with Crippen molar-refractivity contribution in [2.24, 2.45) is 23.7 Å². The van der Waals surface area contributed by atoms with Crippen molar-refractivity contribution in [3.05, 3.63) is 23.3 Å². The second-order valence-corrected chi connectivity index (χ2v) is 15.9. The van der Waals surface area contributed by atoms with Crippen LogP contribution in [0.2, 0.25) is 0 Å². The molecule has 4 atom stereocenters. The summed E-state index contributed by atoms with van der Waals surface area (Å²) in [6, 6.07) is 4.54. The molecule has 0 spiro atoms. The van der Waals surface area contributed by atoms with Gasteiger partial charge in [0.15, 0.2) is 0 Å². The Morgan fingerprint density at radius 1 is 0.979 bits per heavy atom. The fourth-order valence-electron chi connectivity index (χ4n) is 8.83. The summed E-state index contributed by atoms with van der Waals surface area (Å²) in [7, 11) is 2.13. The summed E-state index contributed by atoms with van der Waals surface area (Å²) < 4.78 is 12.1. The van der Waals surface area contributed by atoms with Crippen molar-refractivity contribution in [1.29, 1.82) is 0 Å². The molecular formula is C38H60N4O5. The summed E-state index contributed by atoms with van der Waals surface area (Å²) in [6.45, 7) is 13.5. The smallest absolute Gasteiger partial charge is 0.410 e. The molecule has 2 aliphatic carbocycles. The standard InChI is InChI=1S/C38H60N4O5/c1-24-31(35(43)39-23-32-25(2)34(26(3)40-36(32)44)27-13-9-8-10-14-27)21-30(22-33(24)41(7)28-15-11-12-16-28)46-29-17-19-42(20-18-29)37(45)47-38(4,5)6/h21-22,25-29,32,34H,8-20,23H2,1-7H3,(H,39,43)(H,40,44). The molecule has 262 valence electrons. The van der Waals surface area contributed by atoms with E-state index in [1.165, 1.54) is 44.9 Å². The fourth-order valence-corrected chi connectivity index (χ4v) is 8.83. The Bertz CT molecular complexity index is 1260. The predicted molar refractivity (Wildman–Crippen MR) is 186 cm³/mol. The molecule has 2 saturated carbocycles. The lowest BCUT2D eigenvalue weighted by Gasteiger charge is -2.45. The van der Waals surface area contributed by atoms with E-state index in [1.807, 2.05) is 33.8 Å². The number of ether oxygens (including phenoxy) is 2. The van der Waals surface area contributed by atoms with Gasteiger partial charge in [-0.3, -0.25) is 9.59 Å². The Morgan fingerprint density at radius 2 is 1.62 bits per heavy atom. The minimum atomic E-state index is -0.528. The summed E-state index contributed by atoms with van der Waals surface area (Å²) in [6.07, 6.45) is 12.1. The lowest BCUT2D eigenvalue weighted by Crippen LogP contribution is -2.57. The molecule has 2 N–H and O–H groups in total. The molecule has 47 heavy (non-hydrogen) atoms. The Hall–Kier alpha value is -2.97. The van der Waals surface area contributed by atoms with Crippen LogP contribution in [0.5, 0.6) is 5.75 Å². The molecule has 2 heterocycles. The Balaban J connectivity index is 1.30. The zero-order chi connectivity index (χ0) is 33.9. The van der Waals surface area contributed by atoms with Crippen molar-refractivity contribution in [3.8, 4) is 5.75 Å². The van der Waals surface area contributed by atoms with E-state index < -0.39 is 5.60 Å². The number of hydrogen-bond donors (Lipinski definition) is 2. The zero-order valence-electron chi connectivity index (χ0n) is 30.0. The molecule has 2 aliphatic heterocycles. The first-order valence-corrected chi connectivity index (χ1v) is 18.4. The minimum Gasteiger partial charge on any atom is -0.490 e. The highest BCUT2D eigenvalue weighted by Crippen LogP contribution is 2.41. The van der Waals surface area contributed by atoms with Gasteiger partial charge in [0.05, 0.1) is 5.92 Å². The van der Waals surface area contributed by atoms with Crippen LogP contribution < -0.4 is 20.3 Å². The summed E-state index contributed by atoms with van der Waals surface area (Å²) in [5.41, 5.74) is 2.01. The molecule has 1 aromatic rings. The molecule has 0 radical (unpaired) electrons. The van der Waals surface area contributed by atoms with Crippen LogP contribution in [0.3, 0.4) is 0 Å². The largest absolute Gasteiger partial charge is 0.490 e. The van der Waals surface area contributed by atoms with E-state index in [1.54, 1.807) is 4.90 Å². The van der Waals surface area contributed by atoms with Crippen molar-refractivity contribution < 1.29 is 23.9 Å². The molecule has 0 bridgehead atoms. The summed E-state index contributed by atoms with van der Waals surface area (Å²) in [5, 5.41) is 6.44. The van der Waals surface area contributed by atoms with Crippen LogP contribution >= 0.6 is 0 Å². The van der Waals surface area contributed by atoms with E-state index in [0.29, 0.717) is 61.7 Å². The number of hydrogen-bond acceptors (Lipinski definition) is 6. The highest BCUT2D eigenvalue weighted by Gasteiger charge is 2.43. The van der Waals surface area contributed by atoms with Crippen LogP contribution in [0, 0.1) is 30.6 Å². The summed E-state index contributed by atoms with van der Waals surface area (Å²) in [4.78, 5) is 43.9. The molecule has 5 rings (SSSR count). The Morgan fingerprint density at radius 3 is 2.26 bits per heavy atom. The number of benzene rings is 1. The van der Waals surface area contributed by atoms with E-state index in [4.69, 9.17) is 9.47 Å². The number of nitrogens with zero attached hydrogens (tertiary/aromatic N) is 2. The van der Waals surface area contributed by atoms with Crippen LogP contribution in [0.1, 0.15) is 121 Å². The molecule has 4 aliphatic rings. The van der Waals surface area contributed by atoms with Gasteiger partial charge in [0.2, 0.25) is 5.91 Å². The maximum Gasteiger partial charge on any atom is 0.410 e. The minimum absolute atomic E-state index is 0.0468. The number of anilines is 1. The van der Waals surface area contributed by atoms with E-state index in [0.717, 1.165) is 24.1 Å². The van der Waals surface area contributed by atoms with Crippen LogP contribution in [0.4, 0.5) is 10.5 Å². The number of carbonyl (C=O) groups excluding carboxylic acids is 3. The van der Waals surface area contributed by atoms with Crippen molar-refractivity contribution >= 4 is 23.6 Å². The van der Waals surface area contributed by atoms with Gasteiger partial charge in [-0.1, -0.05) is 51.9 Å². The highest BCUT2D eigenvalue weighted by molar-refractivity contribution is 5.98. The first-order chi connectivity index (χ1) is 22.3. The van der Waals surface area contributed by atoms with E-state index in [-0.39, 0.29) is 41.9 Å². The molecule has 0 aromatic heterocycles. The predicted octanol–water partition coefficient (Wildman–Crippen LogP) is 6.85. The first-order valence-electron chi connectivity index (χ1n) is 18.4. The van der Waals surface area contributed by atoms with E-state index in [2.05, 4.69) is 42.5 Å². The topological polar surface area (TPSA) is 100 Å². The monoisotopic (exact) mass is 652 g/mol. The lowest BCUT2D eigenvalue weighted by molar-refractivity contribution is -0.133. The Labute approximate surface area is 282 Å². The van der Waals surface area contributed by atoms with Crippen LogP contribution in [-0.2, 0) is 9.53 Å². The van der Waals surface area contributed by atoms with Gasteiger partial charge in [-0.25, -0.2) is 4.79 Å². The van der Waals surface area contributed by atoms with Crippen LogP contribution in [0.25, 0.3) is 0 Å². The van der Waals surface area contributed by atoms with Gasteiger partial charge in [-0.2, -0.15) is 0 Å². The van der Waals surface area contributed by atoms with Gasteiger partial charge >= 0.3 is 6.09 Å². The quantitative estimate of drug-likeness (QED) is 0.319. The van der Waals surface area contributed by atoms with Crippen molar-refractivity contribution in [3.63, 3.8) is 0 Å². The van der Waals surface area contributed by atoms with Crippen molar-refractivity contribution in [1.82, 2.24) is 15.5 Å². The van der Waals surface area contributed by atoms with Gasteiger partial charge < -0.3 is 29.9 Å². The third-order valence-electron chi connectivity index (χ3n) is 11.4. The van der Waals surface area contributed by atoms with Gasteiger partial charge in [0, 0.05) is 68.9 Å². The molecule has 9 nitrogen and oxygen atoms in total. The molecule has 2 saturated heterocycles. The molecule has 1 aromatic carbocycles. The number of likely N-dealkylation sites (tertiary alicyclic amines) is 1. The van der Waals surface area contributed by atoms with Crippen molar-refractivity contribution in [2.75, 3.05) is 31.6 Å². The summed E-state index contributed by atoms with van der Waals surface area (Å²) in [5.74, 6) is 1.57. The molecule has 9 heteroatoms. The number of amides is 3. The second kappa shape index (κ2) is 15.1. The molecule has 4 unspecified atom stereocenters. The number of rotatable bonds is 8. The van der Waals surface area contributed by atoms with Crippen LogP contribution in [0.15, 0.2) is 12.1 Å². The van der Waals surface area contributed by atoms with Crippen LogP contribution in [-0.4, -0.2) is 73.3 Å². The summed E-state index contributed by atoms with van der Waals surface area (Å²) >= 11 is 0. The molecule has 4 fully saturated rings. The maximum absolute atomic E-state index is 14.0. The number of nitrogens with one attached hydrogen (secondary N) is 2. The highest BCUT2D eigenvalue weighted by atomic mass is 16.6. The second-order valence-electron chi connectivity index (χ2n) is 15.9.